The molecule has 0 aliphatic heterocycles. The van der Waals surface area contributed by atoms with Gasteiger partial charge in [-0.15, -0.1) is 0 Å². The Morgan fingerprint density at radius 2 is 2.18 bits per heavy atom. The summed E-state index contributed by atoms with van der Waals surface area (Å²) in [6.07, 6.45) is 1.98. The second-order valence-corrected chi connectivity index (χ2v) is 5.37. The van der Waals surface area contributed by atoms with E-state index in [9.17, 15) is 0 Å². The molecular formula is C13H15IN2O. The minimum absolute atomic E-state index is 0.390. The van der Waals surface area contributed by atoms with Gasteiger partial charge in [0, 0.05) is 15.8 Å². The Bertz CT molecular complexity index is 494. The smallest absolute Gasteiger partial charge is 0.132 e. The Kier molecular flexibility index (Phi) is 4.04. The van der Waals surface area contributed by atoms with Gasteiger partial charge in [0.2, 0.25) is 0 Å². The minimum Gasteiger partial charge on any atom is -0.487 e. The molecule has 2 rings (SSSR count). The van der Waals surface area contributed by atoms with Crippen molar-refractivity contribution < 1.29 is 4.74 Å². The summed E-state index contributed by atoms with van der Waals surface area (Å²) in [4.78, 5) is 0. The van der Waals surface area contributed by atoms with Gasteiger partial charge in [0.25, 0.3) is 0 Å². The Morgan fingerprint density at radius 1 is 1.35 bits per heavy atom. The number of aromatic nitrogens is 2. The molecule has 0 radical (unpaired) electrons. The molecule has 3 nitrogen and oxygen atoms in total. The van der Waals surface area contributed by atoms with E-state index in [1.807, 2.05) is 41.2 Å². The number of halogens is 1. The van der Waals surface area contributed by atoms with Crippen molar-refractivity contribution in [2.24, 2.45) is 0 Å². The fraction of sp³-hybridized carbons (Fsp3) is 0.308. The van der Waals surface area contributed by atoms with E-state index in [4.69, 9.17) is 4.74 Å². The summed E-state index contributed by atoms with van der Waals surface area (Å²) >= 11 is 2.27. The summed E-state index contributed by atoms with van der Waals surface area (Å²) in [5.74, 6) is 0.885. The van der Waals surface area contributed by atoms with Gasteiger partial charge in [0.15, 0.2) is 0 Å². The van der Waals surface area contributed by atoms with Gasteiger partial charge in [-0.1, -0.05) is 6.07 Å². The normalized spacial score (nSPS) is 10.8. The molecule has 1 aromatic heterocycles. The van der Waals surface area contributed by atoms with Crippen LogP contribution in [0.1, 0.15) is 25.6 Å². The van der Waals surface area contributed by atoms with Gasteiger partial charge < -0.3 is 4.74 Å². The molecule has 0 aliphatic rings. The number of nitrogens with zero attached hydrogens (tertiary/aromatic N) is 2. The second-order valence-electron chi connectivity index (χ2n) is 4.13. The molecule has 1 aromatic carbocycles. The second kappa shape index (κ2) is 5.53. The summed E-state index contributed by atoms with van der Waals surface area (Å²) in [7, 11) is 0. The zero-order valence-corrected chi connectivity index (χ0v) is 12.1. The van der Waals surface area contributed by atoms with Crippen molar-refractivity contribution in [1.82, 2.24) is 9.78 Å². The molecule has 0 saturated heterocycles. The third-order valence-electron chi connectivity index (χ3n) is 2.38. The lowest BCUT2D eigenvalue weighted by atomic mass is 10.3. The molecule has 0 aliphatic carbocycles. The van der Waals surface area contributed by atoms with Gasteiger partial charge in [0.1, 0.15) is 12.4 Å². The van der Waals surface area contributed by atoms with Crippen molar-refractivity contribution in [2.45, 2.75) is 26.5 Å². The Hall–Kier alpha value is -1.04. The van der Waals surface area contributed by atoms with Crippen LogP contribution in [0, 0.1) is 3.57 Å². The Balaban J connectivity index is 1.97. The molecule has 0 spiro atoms. The predicted molar refractivity (Wildman–Crippen MR) is 76.1 cm³/mol. The molecule has 17 heavy (non-hydrogen) atoms. The highest BCUT2D eigenvalue weighted by Gasteiger charge is 2.03. The average Bonchev–Trinajstić information content (AvgIpc) is 2.75. The largest absolute Gasteiger partial charge is 0.487 e. The van der Waals surface area contributed by atoms with E-state index in [1.54, 1.807) is 0 Å². The molecule has 0 atom stereocenters. The van der Waals surface area contributed by atoms with E-state index in [1.165, 1.54) is 3.57 Å². The predicted octanol–water partition coefficient (Wildman–Crippen LogP) is 3.65. The van der Waals surface area contributed by atoms with Crippen LogP contribution in [0.5, 0.6) is 5.75 Å². The van der Waals surface area contributed by atoms with Crippen molar-refractivity contribution in [1.29, 1.82) is 0 Å². The number of benzene rings is 1. The van der Waals surface area contributed by atoms with Gasteiger partial charge in [-0.3, -0.25) is 4.68 Å². The third kappa shape index (κ3) is 3.46. The monoisotopic (exact) mass is 342 g/mol. The summed E-state index contributed by atoms with van der Waals surface area (Å²) < 4.78 is 8.80. The number of ether oxygens (including phenoxy) is 1. The highest BCUT2D eigenvalue weighted by atomic mass is 127. The SMILES string of the molecule is CC(C)n1ccc(COc2cccc(I)c2)n1. The number of hydrogen-bond acceptors (Lipinski definition) is 2. The maximum Gasteiger partial charge on any atom is 0.132 e. The van der Waals surface area contributed by atoms with Crippen LogP contribution in [-0.2, 0) is 6.61 Å². The lowest BCUT2D eigenvalue weighted by Gasteiger charge is -2.05. The van der Waals surface area contributed by atoms with Gasteiger partial charge in [-0.2, -0.15) is 5.10 Å². The summed E-state index contributed by atoms with van der Waals surface area (Å²) in [5.41, 5.74) is 0.956. The lowest BCUT2D eigenvalue weighted by Crippen LogP contribution is -2.03. The molecular weight excluding hydrogens is 327 g/mol. The first kappa shape index (κ1) is 12.4. The van der Waals surface area contributed by atoms with Gasteiger partial charge in [-0.25, -0.2) is 0 Å². The zero-order valence-electron chi connectivity index (χ0n) is 9.93. The van der Waals surface area contributed by atoms with Crippen LogP contribution < -0.4 is 4.74 Å². The van der Waals surface area contributed by atoms with Crippen LogP contribution >= 0.6 is 22.6 Å². The molecule has 0 saturated carbocycles. The Morgan fingerprint density at radius 3 is 2.82 bits per heavy atom. The molecule has 1 heterocycles. The summed E-state index contributed by atoms with van der Waals surface area (Å²) in [5, 5.41) is 4.44. The van der Waals surface area contributed by atoms with Crippen LogP contribution in [0.15, 0.2) is 36.5 Å². The fourth-order valence-corrected chi connectivity index (χ4v) is 1.97. The van der Waals surface area contributed by atoms with Gasteiger partial charge >= 0.3 is 0 Å². The van der Waals surface area contributed by atoms with Crippen LogP contribution in [0.2, 0.25) is 0 Å². The van der Waals surface area contributed by atoms with E-state index < -0.39 is 0 Å². The van der Waals surface area contributed by atoms with Crippen LogP contribution in [0.25, 0.3) is 0 Å². The average molecular weight is 342 g/mol. The maximum absolute atomic E-state index is 5.69. The molecule has 0 fully saturated rings. The first-order chi connectivity index (χ1) is 8.15. The first-order valence-corrected chi connectivity index (χ1v) is 6.65. The maximum atomic E-state index is 5.69. The van der Waals surface area contributed by atoms with Crippen molar-refractivity contribution in [3.8, 4) is 5.75 Å². The van der Waals surface area contributed by atoms with Crippen molar-refractivity contribution in [3.05, 3.63) is 45.8 Å². The van der Waals surface area contributed by atoms with E-state index in [-0.39, 0.29) is 0 Å². The topological polar surface area (TPSA) is 27.1 Å². The first-order valence-electron chi connectivity index (χ1n) is 5.57. The van der Waals surface area contributed by atoms with Crippen LogP contribution in [-0.4, -0.2) is 9.78 Å². The molecule has 4 heteroatoms. The molecule has 0 amide bonds. The fourth-order valence-electron chi connectivity index (χ4n) is 1.46. The highest BCUT2D eigenvalue weighted by Crippen LogP contribution is 2.16. The molecule has 0 bridgehead atoms. The Labute approximate surface area is 115 Å². The molecule has 0 N–H and O–H groups in total. The standard InChI is InChI=1S/C13H15IN2O/c1-10(2)16-7-6-12(15-16)9-17-13-5-3-4-11(14)8-13/h3-8,10H,9H2,1-2H3. The molecule has 0 unspecified atom stereocenters. The van der Waals surface area contributed by atoms with E-state index in [0.717, 1.165) is 11.4 Å². The van der Waals surface area contributed by atoms with Crippen molar-refractivity contribution in [2.75, 3.05) is 0 Å². The van der Waals surface area contributed by atoms with Crippen LogP contribution in [0.4, 0.5) is 0 Å². The number of hydrogen-bond donors (Lipinski definition) is 0. The zero-order chi connectivity index (χ0) is 12.3. The summed E-state index contributed by atoms with van der Waals surface area (Å²) in [6, 6.07) is 10.4. The number of rotatable bonds is 4. The molecule has 2 aromatic rings. The van der Waals surface area contributed by atoms with Crippen molar-refractivity contribution >= 4 is 22.6 Å². The lowest BCUT2D eigenvalue weighted by molar-refractivity contribution is 0.298. The third-order valence-corrected chi connectivity index (χ3v) is 3.05. The highest BCUT2D eigenvalue weighted by molar-refractivity contribution is 14.1. The van der Waals surface area contributed by atoms with Gasteiger partial charge in [-0.05, 0) is 60.7 Å². The van der Waals surface area contributed by atoms with E-state index in [2.05, 4.69) is 41.5 Å². The quantitative estimate of drug-likeness (QED) is 0.793. The van der Waals surface area contributed by atoms with Crippen LogP contribution in [0.3, 0.4) is 0 Å². The minimum atomic E-state index is 0.390. The van der Waals surface area contributed by atoms with E-state index >= 15 is 0 Å². The van der Waals surface area contributed by atoms with Crippen molar-refractivity contribution in [3.63, 3.8) is 0 Å². The summed E-state index contributed by atoms with van der Waals surface area (Å²) in [6.45, 7) is 4.73. The molecule has 90 valence electrons. The van der Waals surface area contributed by atoms with E-state index in [0.29, 0.717) is 12.6 Å². The van der Waals surface area contributed by atoms with Gasteiger partial charge in [0.05, 0.1) is 5.69 Å².